The number of aromatic nitrogens is 1. The standard InChI is InChI=1S/C16H18ClFN2O/c1-11(2)19-9-12-5-3-6-13(20-12)10-21-15-8-4-7-14(17)16(15)18/h3-8,11,19H,9-10H2,1-2H3. The third kappa shape index (κ3) is 4.69. The molecular formula is C16H18ClFN2O. The molecule has 0 saturated heterocycles. The molecule has 0 amide bonds. The third-order valence-corrected chi connectivity index (χ3v) is 3.14. The number of rotatable bonds is 6. The molecule has 2 aromatic rings. The molecule has 5 heteroatoms. The van der Waals surface area contributed by atoms with Crippen LogP contribution < -0.4 is 10.1 Å². The highest BCUT2D eigenvalue weighted by atomic mass is 35.5. The highest BCUT2D eigenvalue weighted by Crippen LogP contribution is 2.24. The maximum absolute atomic E-state index is 13.7. The summed E-state index contributed by atoms with van der Waals surface area (Å²) in [5, 5.41) is 3.35. The van der Waals surface area contributed by atoms with Crippen LogP contribution in [-0.4, -0.2) is 11.0 Å². The molecule has 112 valence electrons. The molecule has 1 heterocycles. The van der Waals surface area contributed by atoms with Crippen LogP contribution in [0.2, 0.25) is 5.02 Å². The van der Waals surface area contributed by atoms with Crippen LogP contribution in [-0.2, 0) is 13.2 Å². The predicted molar refractivity (Wildman–Crippen MR) is 82.0 cm³/mol. The Labute approximate surface area is 129 Å². The molecule has 0 unspecified atom stereocenters. The van der Waals surface area contributed by atoms with Crippen molar-refractivity contribution in [3.05, 3.63) is 58.6 Å². The third-order valence-electron chi connectivity index (χ3n) is 2.85. The molecule has 0 saturated carbocycles. The van der Waals surface area contributed by atoms with Crippen LogP contribution in [0.15, 0.2) is 36.4 Å². The highest BCUT2D eigenvalue weighted by molar-refractivity contribution is 6.30. The zero-order chi connectivity index (χ0) is 15.2. The fraction of sp³-hybridized carbons (Fsp3) is 0.312. The Morgan fingerprint density at radius 2 is 1.90 bits per heavy atom. The lowest BCUT2D eigenvalue weighted by Crippen LogP contribution is -2.22. The van der Waals surface area contributed by atoms with Gasteiger partial charge < -0.3 is 10.1 Å². The fourth-order valence-electron chi connectivity index (χ4n) is 1.76. The molecule has 0 spiro atoms. The molecule has 0 aliphatic rings. The van der Waals surface area contributed by atoms with Gasteiger partial charge in [-0.25, -0.2) is 4.39 Å². The average Bonchev–Trinajstić information content (AvgIpc) is 2.47. The van der Waals surface area contributed by atoms with Gasteiger partial charge in [-0.3, -0.25) is 4.98 Å². The Hall–Kier alpha value is -1.65. The molecule has 1 aromatic heterocycles. The molecule has 21 heavy (non-hydrogen) atoms. The minimum atomic E-state index is -0.545. The van der Waals surface area contributed by atoms with E-state index in [0.717, 1.165) is 11.4 Å². The van der Waals surface area contributed by atoms with Gasteiger partial charge in [0.05, 0.1) is 16.4 Å². The van der Waals surface area contributed by atoms with Gasteiger partial charge in [-0.1, -0.05) is 37.6 Å². The maximum Gasteiger partial charge on any atom is 0.183 e. The van der Waals surface area contributed by atoms with E-state index in [1.165, 1.54) is 6.07 Å². The molecule has 0 radical (unpaired) electrons. The maximum atomic E-state index is 13.7. The number of halogens is 2. The molecule has 0 aliphatic heterocycles. The predicted octanol–water partition coefficient (Wildman–Crippen LogP) is 3.95. The molecule has 0 aliphatic carbocycles. The van der Waals surface area contributed by atoms with Gasteiger partial charge >= 0.3 is 0 Å². The quantitative estimate of drug-likeness (QED) is 0.877. The van der Waals surface area contributed by atoms with Gasteiger partial charge in [0.25, 0.3) is 0 Å². The first-order valence-electron chi connectivity index (χ1n) is 6.81. The van der Waals surface area contributed by atoms with Crippen LogP contribution in [0.25, 0.3) is 0 Å². The molecule has 0 atom stereocenters. The number of benzene rings is 1. The van der Waals surface area contributed by atoms with Gasteiger partial charge in [-0.05, 0) is 24.3 Å². The van der Waals surface area contributed by atoms with Crippen molar-refractivity contribution in [2.24, 2.45) is 0 Å². The largest absolute Gasteiger partial charge is 0.484 e. The van der Waals surface area contributed by atoms with Crippen molar-refractivity contribution in [2.45, 2.75) is 33.0 Å². The van der Waals surface area contributed by atoms with E-state index >= 15 is 0 Å². The van der Waals surface area contributed by atoms with Crippen LogP contribution in [0.1, 0.15) is 25.2 Å². The summed E-state index contributed by atoms with van der Waals surface area (Å²) in [7, 11) is 0. The summed E-state index contributed by atoms with van der Waals surface area (Å²) in [4.78, 5) is 4.47. The van der Waals surface area contributed by atoms with E-state index in [1.807, 2.05) is 18.2 Å². The summed E-state index contributed by atoms with van der Waals surface area (Å²) >= 11 is 5.71. The van der Waals surface area contributed by atoms with Crippen LogP contribution in [0, 0.1) is 5.82 Å². The first-order chi connectivity index (χ1) is 10.1. The smallest absolute Gasteiger partial charge is 0.183 e. The lowest BCUT2D eigenvalue weighted by molar-refractivity contribution is 0.285. The van der Waals surface area contributed by atoms with E-state index < -0.39 is 5.82 Å². The Bertz CT molecular complexity index is 605. The van der Waals surface area contributed by atoms with E-state index in [0.29, 0.717) is 12.6 Å². The molecule has 1 N–H and O–H groups in total. The monoisotopic (exact) mass is 308 g/mol. The van der Waals surface area contributed by atoms with Crippen LogP contribution in [0.3, 0.4) is 0 Å². The number of pyridine rings is 1. The molecule has 0 fully saturated rings. The summed E-state index contributed by atoms with van der Waals surface area (Å²) in [5.74, 6) is -0.410. The molecular weight excluding hydrogens is 291 g/mol. The Kier molecular flexibility index (Phi) is 5.53. The number of nitrogens with one attached hydrogen (secondary N) is 1. The van der Waals surface area contributed by atoms with Crippen molar-refractivity contribution >= 4 is 11.6 Å². The van der Waals surface area contributed by atoms with E-state index in [1.54, 1.807) is 12.1 Å². The number of hydrogen-bond donors (Lipinski definition) is 1. The second-order valence-corrected chi connectivity index (χ2v) is 5.40. The van der Waals surface area contributed by atoms with Crippen molar-refractivity contribution in [1.29, 1.82) is 0 Å². The van der Waals surface area contributed by atoms with E-state index in [4.69, 9.17) is 16.3 Å². The van der Waals surface area contributed by atoms with Crippen LogP contribution in [0.5, 0.6) is 5.75 Å². The van der Waals surface area contributed by atoms with Crippen molar-refractivity contribution in [3.63, 3.8) is 0 Å². The number of nitrogens with zero attached hydrogens (tertiary/aromatic N) is 1. The van der Waals surface area contributed by atoms with Crippen molar-refractivity contribution in [1.82, 2.24) is 10.3 Å². The summed E-state index contributed by atoms with van der Waals surface area (Å²) in [6, 6.07) is 10.8. The number of ether oxygens (including phenoxy) is 1. The van der Waals surface area contributed by atoms with Crippen LogP contribution in [0.4, 0.5) is 4.39 Å². The van der Waals surface area contributed by atoms with Gasteiger partial charge in [-0.15, -0.1) is 0 Å². The van der Waals surface area contributed by atoms with Gasteiger partial charge in [-0.2, -0.15) is 0 Å². The van der Waals surface area contributed by atoms with Gasteiger partial charge in [0, 0.05) is 12.6 Å². The highest BCUT2D eigenvalue weighted by Gasteiger charge is 2.08. The first-order valence-corrected chi connectivity index (χ1v) is 7.19. The lowest BCUT2D eigenvalue weighted by atomic mass is 10.3. The van der Waals surface area contributed by atoms with E-state index in [9.17, 15) is 4.39 Å². The molecule has 2 rings (SSSR count). The molecule has 0 bridgehead atoms. The fourth-order valence-corrected chi connectivity index (χ4v) is 1.93. The van der Waals surface area contributed by atoms with Crippen LogP contribution >= 0.6 is 11.6 Å². The van der Waals surface area contributed by atoms with Gasteiger partial charge in [0.15, 0.2) is 11.6 Å². The van der Waals surface area contributed by atoms with Gasteiger partial charge in [0.1, 0.15) is 6.61 Å². The normalized spacial score (nSPS) is 10.9. The minimum absolute atomic E-state index is 0.0512. The summed E-state index contributed by atoms with van der Waals surface area (Å²) in [6.45, 7) is 5.05. The topological polar surface area (TPSA) is 34.1 Å². The number of hydrogen-bond acceptors (Lipinski definition) is 3. The second-order valence-electron chi connectivity index (χ2n) is 5.00. The Balaban J connectivity index is 2.00. The van der Waals surface area contributed by atoms with E-state index in [-0.39, 0.29) is 17.4 Å². The summed E-state index contributed by atoms with van der Waals surface area (Å²) in [6.07, 6.45) is 0. The second kappa shape index (κ2) is 7.38. The first kappa shape index (κ1) is 15.7. The SMILES string of the molecule is CC(C)NCc1cccc(COc2cccc(Cl)c2F)n1. The van der Waals surface area contributed by atoms with E-state index in [2.05, 4.69) is 24.1 Å². The Morgan fingerprint density at radius 1 is 1.19 bits per heavy atom. The van der Waals surface area contributed by atoms with Gasteiger partial charge in [0.2, 0.25) is 0 Å². The Morgan fingerprint density at radius 3 is 2.67 bits per heavy atom. The van der Waals surface area contributed by atoms with Crippen molar-refractivity contribution in [3.8, 4) is 5.75 Å². The lowest BCUT2D eigenvalue weighted by Gasteiger charge is -2.10. The molecule has 3 nitrogen and oxygen atoms in total. The van der Waals surface area contributed by atoms with Crippen molar-refractivity contribution < 1.29 is 9.13 Å². The summed E-state index contributed by atoms with van der Waals surface area (Å²) in [5.41, 5.74) is 1.67. The summed E-state index contributed by atoms with van der Waals surface area (Å²) < 4.78 is 19.1. The molecule has 1 aromatic carbocycles. The average molecular weight is 309 g/mol. The zero-order valence-corrected chi connectivity index (χ0v) is 12.8. The zero-order valence-electron chi connectivity index (χ0n) is 12.1. The van der Waals surface area contributed by atoms with Crippen molar-refractivity contribution in [2.75, 3.05) is 0 Å². The minimum Gasteiger partial charge on any atom is -0.484 e.